The summed E-state index contributed by atoms with van der Waals surface area (Å²) in [6.07, 6.45) is 0. The van der Waals surface area contributed by atoms with E-state index in [0.29, 0.717) is 31.9 Å². The van der Waals surface area contributed by atoms with Gasteiger partial charge in [-0.15, -0.1) is 0 Å². The molecule has 1 amide bonds. The van der Waals surface area contributed by atoms with Crippen molar-refractivity contribution in [2.24, 2.45) is 7.05 Å². The molecule has 1 aromatic rings. The molecule has 0 saturated carbocycles. The molecule has 2 rings (SSSR count). The molecule has 0 radical (unpaired) electrons. The zero-order chi connectivity index (χ0) is 12.4. The van der Waals surface area contributed by atoms with Crippen molar-refractivity contribution >= 4 is 5.91 Å². The molecule has 1 aliphatic heterocycles. The molecule has 17 heavy (non-hydrogen) atoms. The zero-order valence-electron chi connectivity index (χ0n) is 10.1. The lowest BCUT2D eigenvalue weighted by atomic mass is 10.2. The first-order chi connectivity index (χ1) is 8.09. The number of morpholine rings is 1. The highest BCUT2D eigenvalue weighted by Gasteiger charge is 2.19. The first-order valence-corrected chi connectivity index (χ1v) is 5.64. The van der Waals surface area contributed by atoms with Gasteiger partial charge in [0.15, 0.2) is 0 Å². The summed E-state index contributed by atoms with van der Waals surface area (Å²) in [4.78, 5) is 25.5. The van der Waals surface area contributed by atoms with Crippen molar-refractivity contribution in [3.8, 4) is 0 Å². The summed E-state index contributed by atoms with van der Waals surface area (Å²) in [6, 6.07) is 3.14. The highest BCUT2D eigenvalue weighted by molar-refractivity contribution is 5.94. The molecule has 1 aromatic heterocycles. The number of carbonyl (C=O) groups excluding carboxylic acids is 1. The van der Waals surface area contributed by atoms with E-state index in [4.69, 9.17) is 4.74 Å². The number of rotatable bonds is 1. The normalized spacial score (nSPS) is 16.0. The summed E-state index contributed by atoms with van der Waals surface area (Å²) >= 11 is 0. The molecule has 0 spiro atoms. The second kappa shape index (κ2) is 4.71. The molecule has 92 valence electrons. The molecule has 1 fully saturated rings. The minimum Gasteiger partial charge on any atom is -0.378 e. The molecule has 0 atom stereocenters. The second-order valence-electron chi connectivity index (χ2n) is 4.19. The van der Waals surface area contributed by atoms with Crippen LogP contribution in [0.3, 0.4) is 0 Å². The van der Waals surface area contributed by atoms with E-state index in [1.165, 1.54) is 10.6 Å². The average Bonchev–Trinajstić information content (AvgIpc) is 2.35. The number of ether oxygens (including phenoxy) is 1. The molecule has 0 bridgehead atoms. The van der Waals surface area contributed by atoms with Crippen molar-refractivity contribution < 1.29 is 9.53 Å². The quantitative estimate of drug-likeness (QED) is 0.698. The summed E-state index contributed by atoms with van der Waals surface area (Å²) in [7, 11) is 1.70. The highest BCUT2D eigenvalue weighted by Crippen LogP contribution is 2.07. The third-order valence-corrected chi connectivity index (χ3v) is 3.05. The van der Waals surface area contributed by atoms with Gasteiger partial charge >= 0.3 is 0 Å². The van der Waals surface area contributed by atoms with Gasteiger partial charge in [-0.1, -0.05) is 0 Å². The molecule has 2 heterocycles. The summed E-state index contributed by atoms with van der Waals surface area (Å²) in [5.41, 5.74) is 1.10. The van der Waals surface area contributed by atoms with Crippen LogP contribution in [0.25, 0.3) is 0 Å². The van der Waals surface area contributed by atoms with Gasteiger partial charge in [-0.05, 0) is 13.0 Å². The molecule has 1 saturated heterocycles. The van der Waals surface area contributed by atoms with E-state index in [1.807, 2.05) is 6.92 Å². The van der Waals surface area contributed by atoms with Gasteiger partial charge in [0.25, 0.3) is 11.5 Å². The van der Waals surface area contributed by atoms with E-state index in [1.54, 1.807) is 18.0 Å². The summed E-state index contributed by atoms with van der Waals surface area (Å²) in [6.45, 7) is 4.13. The number of hydrogen-bond donors (Lipinski definition) is 0. The molecule has 0 aliphatic carbocycles. The Labute approximate surface area is 99.6 Å². The Hall–Kier alpha value is -1.62. The lowest BCUT2D eigenvalue weighted by molar-refractivity contribution is 0.0302. The fourth-order valence-electron chi connectivity index (χ4n) is 1.84. The number of amides is 1. The van der Waals surface area contributed by atoms with Crippen LogP contribution in [0.4, 0.5) is 0 Å². The molecule has 0 N–H and O–H groups in total. The molecule has 1 aliphatic rings. The third-order valence-electron chi connectivity index (χ3n) is 3.05. The minimum absolute atomic E-state index is 0.0888. The number of aryl methyl sites for hydroxylation is 1. The Kier molecular flexibility index (Phi) is 3.28. The summed E-state index contributed by atoms with van der Waals surface area (Å²) in [5, 5.41) is 0. The first-order valence-electron chi connectivity index (χ1n) is 5.64. The van der Waals surface area contributed by atoms with Gasteiger partial charge in [0, 0.05) is 37.5 Å². The number of pyridine rings is 1. The largest absolute Gasteiger partial charge is 0.378 e. The number of hydrogen-bond acceptors (Lipinski definition) is 3. The molecule has 5 heteroatoms. The van der Waals surface area contributed by atoms with Gasteiger partial charge in [0.05, 0.1) is 13.2 Å². The lowest BCUT2D eigenvalue weighted by Crippen LogP contribution is -2.41. The van der Waals surface area contributed by atoms with Gasteiger partial charge in [-0.25, -0.2) is 0 Å². The maximum absolute atomic E-state index is 12.1. The predicted molar refractivity (Wildman–Crippen MR) is 63.1 cm³/mol. The van der Waals surface area contributed by atoms with Crippen molar-refractivity contribution in [1.82, 2.24) is 9.47 Å². The Morgan fingerprint density at radius 2 is 1.94 bits per heavy atom. The van der Waals surface area contributed by atoms with Crippen molar-refractivity contribution in [2.75, 3.05) is 26.3 Å². The SMILES string of the molecule is Cc1cc(C(=O)N2CCOCC2)cc(=O)n1C. The molecule has 5 nitrogen and oxygen atoms in total. The monoisotopic (exact) mass is 236 g/mol. The minimum atomic E-state index is -0.151. The van der Waals surface area contributed by atoms with Crippen LogP contribution < -0.4 is 5.56 Å². The Morgan fingerprint density at radius 3 is 2.53 bits per heavy atom. The summed E-state index contributed by atoms with van der Waals surface area (Å²) in [5.74, 6) is -0.0888. The topological polar surface area (TPSA) is 51.5 Å². The molecule has 0 unspecified atom stereocenters. The Balaban J connectivity index is 2.27. The smallest absolute Gasteiger partial charge is 0.254 e. The van der Waals surface area contributed by atoms with Gasteiger partial charge in [0.1, 0.15) is 0 Å². The predicted octanol–water partition coefficient (Wildman–Crippen LogP) is 0.166. The maximum atomic E-state index is 12.1. The molecular formula is C12H16N2O3. The van der Waals surface area contributed by atoms with Crippen LogP contribution in [0.2, 0.25) is 0 Å². The van der Waals surface area contributed by atoms with Crippen LogP contribution in [0.1, 0.15) is 16.1 Å². The van der Waals surface area contributed by atoms with Crippen LogP contribution in [0.5, 0.6) is 0 Å². The van der Waals surface area contributed by atoms with Crippen LogP contribution in [-0.4, -0.2) is 41.7 Å². The van der Waals surface area contributed by atoms with Crippen LogP contribution >= 0.6 is 0 Å². The molecular weight excluding hydrogens is 220 g/mol. The van der Waals surface area contributed by atoms with Gasteiger partial charge in [-0.3, -0.25) is 9.59 Å². The zero-order valence-corrected chi connectivity index (χ0v) is 10.1. The van der Waals surface area contributed by atoms with Gasteiger partial charge < -0.3 is 14.2 Å². The van der Waals surface area contributed by atoms with Crippen molar-refractivity contribution in [3.05, 3.63) is 33.7 Å². The van der Waals surface area contributed by atoms with E-state index in [9.17, 15) is 9.59 Å². The second-order valence-corrected chi connectivity index (χ2v) is 4.19. The highest BCUT2D eigenvalue weighted by atomic mass is 16.5. The van der Waals surface area contributed by atoms with Crippen LogP contribution in [0, 0.1) is 6.92 Å². The average molecular weight is 236 g/mol. The van der Waals surface area contributed by atoms with Crippen LogP contribution in [-0.2, 0) is 11.8 Å². The van der Waals surface area contributed by atoms with Gasteiger partial charge in [0.2, 0.25) is 0 Å². The summed E-state index contributed by atoms with van der Waals surface area (Å²) < 4.78 is 6.72. The van der Waals surface area contributed by atoms with Crippen molar-refractivity contribution in [2.45, 2.75) is 6.92 Å². The van der Waals surface area contributed by atoms with E-state index >= 15 is 0 Å². The van der Waals surface area contributed by atoms with E-state index < -0.39 is 0 Å². The lowest BCUT2D eigenvalue weighted by Gasteiger charge is -2.27. The van der Waals surface area contributed by atoms with Crippen molar-refractivity contribution in [1.29, 1.82) is 0 Å². The van der Waals surface area contributed by atoms with Crippen molar-refractivity contribution in [3.63, 3.8) is 0 Å². The van der Waals surface area contributed by atoms with Gasteiger partial charge in [-0.2, -0.15) is 0 Å². The molecule has 0 aromatic carbocycles. The van der Waals surface area contributed by atoms with E-state index in [2.05, 4.69) is 0 Å². The van der Waals surface area contributed by atoms with Crippen LogP contribution in [0.15, 0.2) is 16.9 Å². The third kappa shape index (κ3) is 2.39. The standard InChI is InChI=1S/C12H16N2O3/c1-9-7-10(8-11(15)13(9)2)12(16)14-3-5-17-6-4-14/h7-8H,3-6H2,1-2H3. The fraction of sp³-hybridized carbons (Fsp3) is 0.500. The fourth-order valence-corrected chi connectivity index (χ4v) is 1.84. The Bertz CT molecular complexity index is 487. The number of carbonyl (C=O) groups is 1. The van der Waals surface area contributed by atoms with E-state index in [-0.39, 0.29) is 11.5 Å². The first kappa shape index (κ1) is 11.9. The Morgan fingerprint density at radius 1 is 1.29 bits per heavy atom. The van der Waals surface area contributed by atoms with E-state index in [0.717, 1.165) is 5.69 Å². The number of aromatic nitrogens is 1. The number of nitrogens with zero attached hydrogens (tertiary/aromatic N) is 2. The maximum Gasteiger partial charge on any atom is 0.254 e.